The van der Waals surface area contributed by atoms with Crippen LogP contribution in [0.3, 0.4) is 0 Å². The molecule has 0 heteroatoms. The van der Waals surface area contributed by atoms with Crippen molar-refractivity contribution in [2.24, 2.45) is 11.8 Å². The van der Waals surface area contributed by atoms with E-state index in [9.17, 15) is 0 Å². The standard InChI is InChI=1S/C20H30/c1-14(2)16(5)9-8-10-20(15(3)4)19-12-11-17(6)18(7)13-19/h8-9,11-13,15-16,20H,1,10H2,2-7H3/b9-8-. The Balaban J connectivity index is 2.84. The van der Waals surface area contributed by atoms with Crippen LogP contribution in [0.25, 0.3) is 0 Å². The summed E-state index contributed by atoms with van der Waals surface area (Å²) in [6, 6.07) is 6.90. The van der Waals surface area contributed by atoms with Gasteiger partial charge in [0, 0.05) is 0 Å². The van der Waals surface area contributed by atoms with Gasteiger partial charge >= 0.3 is 0 Å². The molecule has 0 heterocycles. The Hall–Kier alpha value is -1.30. The van der Waals surface area contributed by atoms with Crippen molar-refractivity contribution in [2.45, 2.75) is 53.9 Å². The maximum atomic E-state index is 4.02. The van der Waals surface area contributed by atoms with Gasteiger partial charge in [-0.1, -0.05) is 63.3 Å². The molecule has 0 N–H and O–H groups in total. The predicted octanol–water partition coefficient (Wildman–Crippen LogP) is 6.20. The van der Waals surface area contributed by atoms with Crippen LogP contribution in [0, 0.1) is 25.7 Å². The summed E-state index contributed by atoms with van der Waals surface area (Å²) < 4.78 is 0. The lowest BCUT2D eigenvalue weighted by Gasteiger charge is -2.21. The molecule has 0 nitrogen and oxygen atoms in total. The molecule has 0 saturated heterocycles. The van der Waals surface area contributed by atoms with Crippen molar-refractivity contribution in [1.82, 2.24) is 0 Å². The summed E-state index contributed by atoms with van der Waals surface area (Å²) >= 11 is 0. The minimum atomic E-state index is 0.475. The summed E-state index contributed by atoms with van der Waals surface area (Å²) in [4.78, 5) is 0. The van der Waals surface area contributed by atoms with Crippen molar-refractivity contribution >= 4 is 0 Å². The molecule has 0 aliphatic heterocycles. The molecule has 0 radical (unpaired) electrons. The Kier molecular flexibility index (Phi) is 6.26. The zero-order valence-corrected chi connectivity index (χ0v) is 14.0. The lowest BCUT2D eigenvalue weighted by molar-refractivity contribution is 0.501. The fraction of sp³-hybridized carbons (Fsp3) is 0.500. The van der Waals surface area contributed by atoms with E-state index in [1.807, 2.05) is 0 Å². The van der Waals surface area contributed by atoms with Crippen molar-refractivity contribution in [1.29, 1.82) is 0 Å². The summed E-state index contributed by atoms with van der Waals surface area (Å²) in [7, 11) is 0. The quantitative estimate of drug-likeness (QED) is 0.540. The summed E-state index contributed by atoms with van der Waals surface area (Å²) in [5.74, 6) is 1.73. The first-order valence-electron chi connectivity index (χ1n) is 7.72. The summed E-state index contributed by atoms with van der Waals surface area (Å²) in [5, 5.41) is 0. The Morgan fingerprint density at radius 2 is 1.80 bits per heavy atom. The fourth-order valence-electron chi connectivity index (χ4n) is 2.38. The predicted molar refractivity (Wildman–Crippen MR) is 91.2 cm³/mol. The highest BCUT2D eigenvalue weighted by Crippen LogP contribution is 2.30. The summed E-state index contributed by atoms with van der Waals surface area (Å²) in [6.45, 7) is 17.3. The molecule has 0 saturated carbocycles. The molecule has 1 aromatic rings. The number of hydrogen-bond acceptors (Lipinski definition) is 0. The molecule has 2 unspecified atom stereocenters. The molecule has 0 amide bonds. The van der Waals surface area contributed by atoms with Crippen LogP contribution in [0.5, 0.6) is 0 Å². The highest BCUT2D eigenvalue weighted by Gasteiger charge is 2.15. The number of aryl methyl sites for hydroxylation is 2. The van der Waals surface area contributed by atoms with Crippen LogP contribution in [0.15, 0.2) is 42.5 Å². The van der Waals surface area contributed by atoms with E-state index in [-0.39, 0.29) is 0 Å². The second-order valence-electron chi connectivity index (χ2n) is 6.49. The molecule has 0 aromatic heterocycles. The molecule has 110 valence electrons. The van der Waals surface area contributed by atoms with E-state index in [0.717, 1.165) is 6.42 Å². The molecule has 0 fully saturated rings. The number of allylic oxidation sites excluding steroid dienone is 3. The van der Waals surface area contributed by atoms with Crippen LogP contribution in [0.1, 0.15) is 56.7 Å². The second-order valence-corrected chi connectivity index (χ2v) is 6.49. The Morgan fingerprint density at radius 1 is 1.15 bits per heavy atom. The lowest BCUT2D eigenvalue weighted by atomic mass is 9.84. The van der Waals surface area contributed by atoms with E-state index < -0.39 is 0 Å². The SMILES string of the molecule is C=C(C)C(C)/C=C\CC(c1ccc(C)c(C)c1)C(C)C. The fourth-order valence-corrected chi connectivity index (χ4v) is 2.38. The zero-order chi connectivity index (χ0) is 15.3. The third-order valence-electron chi connectivity index (χ3n) is 4.36. The van der Waals surface area contributed by atoms with Gasteiger partial charge in [-0.05, 0) is 61.6 Å². The molecule has 0 aliphatic carbocycles. The Labute approximate surface area is 125 Å². The van der Waals surface area contributed by atoms with E-state index >= 15 is 0 Å². The van der Waals surface area contributed by atoms with Crippen LogP contribution < -0.4 is 0 Å². The van der Waals surface area contributed by atoms with E-state index in [1.165, 1.54) is 22.3 Å². The van der Waals surface area contributed by atoms with E-state index in [2.05, 4.69) is 78.5 Å². The van der Waals surface area contributed by atoms with Crippen LogP contribution in [-0.2, 0) is 0 Å². The zero-order valence-electron chi connectivity index (χ0n) is 14.0. The summed E-state index contributed by atoms with van der Waals surface area (Å²) in [5.41, 5.74) is 5.47. The van der Waals surface area contributed by atoms with Crippen LogP contribution in [-0.4, -0.2) is 0 Å². The van der Waals surface area contributed by atoms with Gasteiger partial charge in [0.2, 0.25) is 0 Å². The molecular weight excluding hydrogens is 240 g/mol. The maximum absolute atomic E-state index is 4.02. The minimum absolute atomic E-state index is 0.475. The molecule has 0 aliphatic rings. The number of rotatable bonds is 6. The number of hydrogen-bond donors (Lipinski definition) is 0. The molecule has 20 heavy (non-hydrogen) atoms. The molecule has 0 bridgehead atoms. The van der Waals surface area contributed by atoms with Gasteiger partial charge in [0.1, 0.15) is 0 Å². The minimum Gasteiger partial charge on any atom is -0.0996 e. The first kappa shape index (κ1) is 16.8. The molecule has 0 spiro atoms. The van der Waals surface area contributed by atoms with Crippen LogP contribution >= 0.6 is 0 Å². The van der Waals surface area contributed by atoms with Crippen molar-refractivity contribution in [3.8, 4) is 0 Å². The van der Waals surface area contributed by atoms with Gasteiger partial charge < -0.3 is 0 Å². The Bertz CT molecular complexity index is 477. The highest BCUT2D eigenvalue weighted by molar-refractivity contribution is 5.32. The normalized spacial score (nSPS) is 14.8. The van der Waals surface area contributed by atoms with E-state index in [1.54, 1.807) is 0 Å². The third-order valence-corrected chi connectivity index (χ3v) is 4.36. The largest absolute Gasteiger partial charge is 0.0996 e. The van der Waals surface area contributed by atoms with Gasteiger partial charge in [-0.3, -0.25) is 0 Å². The smallest absolute Gasteiger partial charge is 0.00571 e. The van der Waals surface area contributed by atoms with Gasteiger partial charge in [0.05, 0.1) is 0 Å². The monoisotopic (exact) mass is 270 g/mol. The van der Waals surface area contributed by atoms with Crippen LogP contribution in [0.4, 0.5) is 0 Å². The molecule has 2 atom stereocenters. The molecular formula is C20H30. The van der Waals surface area contributed by atoms with Gasteiger partial charge in [0.25, 0.3) is 0 Å². The molecule has 1 aromatic carbocycles. The topological polar surface area (TPSA) is 0 Å². The van der Waals surface area contributed by atoms with Crippen molar-refractivity contribution < 1.29 is 0 Å². The number of benzene rings is 1. The molecule has 1 rings (SSSR count). The first-order chi connectivity index (χ1) is 9.32. The second kappa shape index (κ2) is 7.47. The average molecular weight is 270 g/mol. The van der Waals surface area contributed by atoms with Crippen LogP contribution in [0.2, 0.25) is 0 Å². The van der Waals surface area contributed by atoms with Crippen molar-refractivity contribution in [3.05, 3.63) is 59.2 Å². The van der Waals surface area contributed by atoms with E-state index in [0.29, 0.717) is 17.8 Å². The van der Waals surface area contributed by atoms with Crippen molar-refractivity contribution in [2.75, 3.05) is 0 Å². The maximum Gasteiger partial charge on any atom is -0.00571 e. The van der Waals surface area contributed by atoms with Gasteiger partial charge in [-0.15, -0.1) is 0 Å². The average Bonchev–Trinajstić information content (AvgIpc) is 2.37. The Morgan fingerprint density at radius 3 is 2.30 bits per heavy atom. The highest BCUT2D eigenvalue weighted by atomic mass is 14.2. The summed E-state index contributed by atoms with van der Waals surface area (Å²) in [6.07, 6.45) is 5.73. The van der Waals surface area contributed by atoms with Crippen molar-refractivity contribution in [3.63, 3.8) is 0 Å². The van der Waals surface area contributed by atoms with Gasteiger partial charge in [0.15, 0.2) is 0 Å². The van der Waals surface area contributed by atoms with Gasteiger partial charge in [-0.2, -0.15) is 0 Å². The third kappa shape index (κ3) is 4.67. The van der Waals surface area contributed by atoms with E-state index in [4.69, 9.17) is 0 Å². The first-order valence-corrected chi connectivity index (χ1v) is 7.72. The lowest BCUT2D eigenvalue weighted by Crippen LogP contribution is -2.06. The van der Waals surface area contributed by atoms with Gasteiger partial charge in [-0.25, -0.2) is 0 Å².